The van der Waals surface area contributed by atoms with Crippen LogP contribution in [0.15, 0.2) is 0 Å². The van der Waals surface area contributed by atoms with E-state index < -0.39 is 97.5 Å². The minimum atomic E-state index is -4.96. The van der Waals surface area contributed by atoms with Crippen LogP contribution in [0.1, 0.15) is 440 Å². The molecule has 0 aliphatic rings. The first kappa shape index (κ1) is 100. The molecule has 102 heavy (non-hydrogen) atoms. The maximum Gasteiger partial charge on any atom is 0.472 e. The molecule has 0 amide bonds. The largest absolute Gasteiger partial charge is 0.472 e. The third-order valence-electron chi connectivity index (χ3n) is 20.2. The van der Waals surface area contributed by atoms with Gasteiger partial charge in [0.15, 0.2) is 12.2 Å². The Kier molecular flexibility index (Phi) is 73.1. The minimum Gasteiger partial charge on any atom is -0.462 e. The van der Waals surface area contributed by atoms with Gasteiger partial charge in [-0.3, -0.25) is 37.3 Å². The van der Waals surface area contributed by atoms with Crippen LogP contribution in [-0.4, -0.2) is 96.7 Å². The van der Waals surface area contributed by atoms with Gasteiger partial charge in [0, 0.05) is 25.7 Å². The Labute approximate surface area is 626 Å². The number of unbranched alkanes of at least 4 members (excludes halogenated alkanes) is 50. The first-order chi connectivity index (χ1) is 49.4. The van der Waals surface area contributed by atoms with Gasteiger partial charge in [-0.25, -0.2) is 9.13 Å². The lowest BCUT2D eigenvalue weighted by Gasteiger charge is -2.21. The van der Waals surface area contributed by atoms with Crippen LogP contribution in [0.25, 0.3) is 0 Å². The van der Waals surface area contributed by atoms with Crippen molar-refractivity contribution in [2.24, 2.45) is 11.8 Å². The van der Waals surface area contributed by atoms with Crippen molar-refractivity contribution >= 4 is 39.5 Å². The fourth-order valence-corrected chi connectivity index (χ4v) is 14.4. The molecular formula is C83H162O17P2. The summed E-state index contributed by atoms with van der Waals surface area (Å²) in [6, 6.07) is 0. The van der Waals surface area contributed by atoms with Crippen LogP contribution in [0.3, 0.4) is 0 Å². The molecule has 0 fully saturated rings. The number of hydrogen-bond acceptors (Lipinski definition) is 15. The second-order valence-electron chi connectivity index (χ2n) is 30.4. The molecule has 0 aliphatic carbocycles. The predicted molar refractivity (Wildman–Crippen MR) is 418 cm³/mol. The average molecular weight is 1490 g/mol. The summed E-state index contributed by atoms with van der Waals surface area (Å²) >= 11 is 0. The maximum atomic E-state index is 13.1. The van der Waals surface area contributed by atoms with Crippen LogP contribution in [0.4, 0.5) is 0 Å². The monoisotopic (exact) mass is 1490 g/mol. The van der Waals surface area contributed by atoms with E-state index in [1.54, 1.807) is 0 Å². The van der Waals surface area contributed by atoms with Crippen molar-refractivity contribution in [1.82, 2.24) is 0 Å². The lowest BCUT2D eigenvalue weighted by molar-refractivity contribution is -0.161. The van der Waals surface area contributed by atoms with Crippen LogP contribution < -0.4 is 0 Å². The van der Waals surface area contributed by atoms with Crippen molar-refractivity contribution in [2.45, 2.75) is 458 Å². The normalized spacial score (nSPS) is 14.4. The molecule has 0 aromatic heterocycles. The van der Waals surface area contributed by atoms with Crippen LogP contribution in [0, 0.1) is 11.8 Å². The van der Waals surface area contributed by atoms with E-state index in [9.17, 15) is 43.2 Å². The molecule has 17 nitrogen and oxygen atoms in total. The smallest absolute Gasteiger partial charge is 0.462 e. The van der Waals surface area contributed by atoms with E-state index in [-0.39, 0.29) is 25.7 Å². The van der Waals surface area contributed by atoms with Crippen LogP contribution in [0.5, 0.6) is 0 Å². The molecule has 0 heterocycles. The third-order valence-corrected chi connectivity index (χ3v) is 22.1. The molecule has 3 N–H and O–H groups in total. The van der Waals surface area contributed by atoms with E-state index in [0.717, 1.165) is 102 Å². The summed E-state index contributed by atoms with van der Waals surface area (Å²) in [6.07, 6.45) is 65.4. The zero-order chi connectivity index (χ0) is 74.9. The van der Waals surface area contributed by atoms with Crippen molar-refractivity contribution in [2.75, 3.05) is 39.6 Å². The molecule has 0 bridgehead atoms. The fourth-order valence-electron chi connectivity index (χ4n) is 12.8. The number of phosphoric ester groups is 2. The molecule has 0 aliphatic heterocycles. The highest BCUT2D eigenvalue weighted by molar-refractivity contribution is 7.47. The van der Waals surface area contributed by atoms with E-state index in [1.165, 1.54) is 257 Å². The lowest BCUT2D eigenvalue weighted by Crippen LogP contribution is -2.30. The Morgan fingerprint density at radius 1 is 0.275 bits per heavy atom. The molecule has 0 spiro atoms. The van der Waals surface area contributed by atoms with Gasteiger partial charge in [0.05, 0.1) is 26.4 Å². The van der Waals surface area contributed by atoms with Crippen LogP contribution in [-0.2, 0) is 65.4 Å². The van der Waals surface area contributed by atoms with Crippen molar-refractivity contribution in [3.05, 3.63) is 0 Å². The second kappa shape index (κ2) is 74.5. The Balaban J connectivity index is 5.14. The maximum absolute atomic E-state index is 13.1. The van der Waals surface area contributed by atoms with Gasteiger partial charge in [-0.1, -0.05) is 388 Å². The van der Waals surface area contributed by atoms with Crippen LogP contribution >= 0.6 is 15.6 Å². The molecule has 7 atom stereocenters. The predicted octanol–water partition coefficient (Wildman–Crippen LogP) is 25.1. The number of aliphatic hydroxyl groups is 1. The number of phosphoric acid groups is 2. The minimum absolute atomic E-state index is 0.106. The van der Waals surface area contributed by atoms with Gasteiger partial charge in [0.2, 0.25) is 0 Å². The number of hydrogen-bond donors (Lipinski definition) is 3. The highest BCUT2D eigenvalue weighted by atomic mass is 31.2. The van der Waals surface area contributed by atoms with Gasteiger partial charge in [-0.2, -0.15) is 0 Å². The van der Waals surface area contributed by atoms with Gasteiger partial charge in [0.1, 0.15) is 19.3 Å². The molecule has 0 aromatic rings. The molecule has 4 unspecified atom stereocenters. The Morgan fingerprint density at radius 3 is 0.696 bits per heavy atom. The molecule has 0 rings (SSSR count). The van der Waals surface area contributed by atoms with Crippen LogP contribution in [0.2, 0.25) is 0 Å². The highest BCUT2D eigenvalue weighted by Gasteiger charge is 2.30. The summed E-state index contributed by atoms with van der Waals surface area (Å²) < 4.78 is 68.6. The average Bonchev–Trinajstić information content (AvgIpc) is 1.06. The van der Waals surface area contributed by atoms with Crippen molar-refractivity contribution < 1.29 is 80.2 Å². The molecule has 0 radical (unpaired) electrons. The van der Waals surface area contributed by atoms with Crippen molar-refractivity contribution in [3.8, 4) is 0 Å². The van der Waals surface area contributed by atoms with Gasteiger partial charge in [0.25, 0.3) is 0 Å². The molecule has 0 saturated heterocycles. The highest BCUT2D eigenvalue weighted by Crippen LogP contribution is 2.45. The molecule has 0 saturated carbocycles. The molecule has 19 heteroatoms. The van der Waals surface area contributed by atoms with Crippen molar-refractivity contribution in [3.63, 3.8) is 0 Å². The zero-order valence-corrected chi connectivity index (χ0v) is 68.7. The molecular weight excluding hydrogens is 1330 g/mol. The van der Waals surface area contributed by atoms with E-state index in [4.69, 9.17) is 37.0 Å². The lowest BCUT2D eigenvalue weighted by atomic mass is 9.99. The quantitative estimate of drug-likeness (QED) is 0.0222. The summed E-state index contributed by atoms with van der Waals surface area (Å²) in [5.41, 5.74) is 0. The van der Waals surface area contributed by atoms with E-state index >= 15 is 0 Å². The fraction of sp³-hybridized carbons (Fsp3) is 0.952. The number of esters is 4. The first-order valence-electron chi connectivity index (χ1n) is 43.1. The van der Waals surface area contributed by atoms with E-state index in [1.807, 2.05) is 0 Å². The van der Waals surface area contributed by atoms with Gasteiger partial charge >= 0.3 is 39.5 Å². The number of aliphatic hydroxyl groups excluding tert-OH is 1. The number of ether oxygens (including phenoxy) is 4. The summed E-state index contributed by atoms with van der Waals surface area (Å²) in [7, 11) is -9.91. The first-order valence-corrected chi connectivity index (χ1v) is 46.1. The van der Waals surface area contributed by atoms with E-state index in [0.29, 0.717) is 25.7 Å². The molecule has 0 aromatic carbocycles. The zero-order valence-electron chi connectivity index (χ0n) is 66.9. The summed E-state index contributed by atoms with van der Waals surface area (Å²) in [6.45, 7) is 9.74. The standard InChI is InChI=1S/C83H162O17P2/c1-7-11-13-15-17-39-47-53-59-65-80(85)93-71-78(99-82(87)67-61-55-49-40-18-16-14-12-8-2)73-97-101(89,90)95-69-77(84)70-96-102(91,92)98-74-79(100-83(88)68-62-56-50-44-38-34-30-26-22-20-24-28-32-36-42-46-52-58-64-76(6)10-4)72-94-81(86)66-60-54-48-43-37-33-29-25-21-19-23-27-31-35-41-45-51-57-63-75(5)9-3/h75-79,84H,7-74H2,1-6H3,(H,89,90)(H,91,92)/t75?,76?,77-,78+,79+/m0/s1. The Bertz CT molecular complexity index is 1960. The summed E-state index contributed by atoms with van der Waals surface area (Å²) in [5, 5.41) is 10.6. The topological polar surface area (TPSA) is 237 Å². The van der Waals surface area contributed by atoms with Gasteiger partial charge in [-0.15, -0.1) is 0 Å². The number of rotatable bonds is 82. The Morgan fingerprint density at radius 2 is 0.471 bits per heavy atom. The SMILES string of the molecule is CCCCCCCCCCCC(=O)OC[C@H](COP(=O)(O)OC[C@H](O)COP(=O)(O)OC[C@@H](COC(=O)CCCCCCCCCCCCCCCCCCCCC(C)CC)OC(=O)CCCCCCCCCCCCCCCCCCCCC(C)CC)OC(=O)CCCCCCCCCCC. The van der Waals surface area contributed by atoms with Gasteiger partial charge < -0.3 is 33.8 Å². The number of carbonyl (C=O) groups is 4. The summed E-state index contributed by atoms with van der Waals surface area (Å²) in [5.74, 6) is -0.366. The third kappa shape index (κ3) is 73.6. The number of carbonyl (C=O) groups excluding carboxylic acids is 4. The Hall–Kier alpha value is -1.94. The second-order valence-corrected chi connectivity index (χ2v) is 33.3. The van der Waals surface area contributed by atoms with Crippen molar-refractivity contribution in [1.29, 1.82) is 0 Å². The van der Waals surface area contributed by atoms with E-state index in [2.05, 4.69) is 41.5 Å². The van der Waals surface area contributed by atoms with Gasteiger partial charge in [-0.05, 0) is 37.5 Å². The molecule has 606 valence electrons. The summed E-state index contributed by atoms with van der Waals surface area (Å²) in [4.78, 5) is 72.9.